The first-order chi connectivity index (χ1) is 10.7. The molecule has 4 nitrogen and oxygen atoms in total. The van der Waals surface area contributed by atoms with Crippen molar-refractivity contribution < 1.29 is 14.3 Å². The maximum atomic E-state index is 12.5. The van der Waals surface area contributed by atoms with E-state index < -0.39 is 0 Å². The standard InChI is InChI=1S/C17H22INO3/c1-2-3-11-22-17(21)19-13(7-6-10-18)12-16(20)14-8-4-5-9-15(14)19/h4-5,8-9,13H,2-3,6-7,10-12H2,1H3. The minimum Gasteiger partial charge on any atom is -0.449 e. The number of Topliss-reactive ketones (excluding diaryl/α,β-unsaturated/α-hetero) is 1. The number of carbonyl (C=O) groups is 2. The van der Waals surface area contributed by atoms with Gasteiger partial charge < -0.3 is 4.74 Å². The van der Waals surface area contributed by atoms with Crippen molar-refractivity contribution in [2.45, 2.75) is 45.1 Å². The Morgan fingerprint density at radius 2 is 2.14 bits per heavy atom. The summed E-state index contributed by atoms with van der Waals surface area (Å²) < 4.78 is 6.41. The van der Waals surface area contributed by atoms with Gasteiger partial charge in [0.2, 0.25) is 0 Å². The predicted molar refractivity (Wildman–Crippen MR) is 96.0 cm³/mol. The number of para-hydroxylation sites is 1. The molecule has 1 aromatic carbocycles. The Labute approximate surface area is 145 Å². The molecule has 22 heavy (non-hydrogen) atoms. The van der Waals surface area contributed by atoms with Crippen LogP contribution < -0.4 is 4.90 Å². The maximum Gasteiger partial charge on any atom is 0.414 e. The van der Waals surface area contributed by atoms with Crippen LogP contribution in [0.3, 0.4) is 0 Å². The first-order valence-electron chi connectivity index (χ1n) is 7.83. The van der Waals surface area contributed by atoms with Crippen molar-refractivity contribution in [3.8, 4) is 0 Å². The van der Waals surface area contributed by atoms with Crippen molar-refractivity contribution >= 4 is 40.2 Å². The molecule has 1 aromatic rings. The lowest BCUT2D eigenvalue weighted by atomic mass is 9.92. The molecule has 1 aliphatic heterocycles. The molecule has 0 radical (unpaired) electrons. The van der Waals surface area contributed by atoms with Gasteiger partial charge in [-0.25, -0.2) is 4.79 Å². The van der Waals surface area contributed by atoms with E-state index in [1.807, 2.05) is 18.2 Å². The molecule has 0 spiro atoms. The van der Waals surface area contributed by atoms with E-state index in [-0.39, 0.29) is 17.9 Å². The van der Waals surface area contributed by atoms with Crippen LogP contribution in [-0.4, -0.2) is 29.0 Å². The summed E-state index contributed by atoms with van der Waals surface area (Å²) in [6.45, 7) is 2.49. The zero-order chi connectivity index (χ0) is 15.9. The second-order valence-electron chi connectivity index (χ2n) is 5.47. The van der Waals surface area contributed by atoms with Gasteiger partial charge >= 0.3 is 6.09 Å². The van der Waals surface area contributed by atoms with Gasteiger partial charge in [-0.2, -0.15) is 0 Å². The molecule has 1 heterocycles. The Hall–Kier alpha value is -1.11. The lowest BCUT2D eigenvalue weighted by molar-refractivity contribution is 0.0960. The summed E-state index contributed by atoms with van der Waals surface area (Å²) in [5.41, 5.74) is 1.32. The van der Waals surface area contributed by atoms with Gasteiger partial charge in [0.1, 0.15) is 0 Å². The summed E-state index contributed by atoms with van der Waals surface area (Å²) in [5.74, 6) is 0.117. The molecule has 5 heteroatoms. The van der Waals surface area contributed by atoms with Gasteiger partial charge in [0.05, 0.1) is 12.3 Å². The quantitative estimate of drug-likeness (QED) is 0.388. The maximum absolute atomic E-state index is 12.5. The van der Waals surface area contributed by atoms with Gasteiger partial charge in [0.15, 0.2) is 5.78 Å². The van der Waals surface area contributed by atoms with E-state index in [4.69, 9.17) is 4.74 Å². The summed E-state index contributed by atoms with van der Waals surface area (Å²) in [5, 5.41) is 0. The van der Waals surface area contributed by atoms with Gasteiger partial charge in [-0.05, 0) is 35.8 Å². The van der Waals surface area contributed by atoms with E-state index in [9.17, 15) is 9.59 Å². The highest BCUT2D eigenvalue weighted by atomic mass is 127. The van der Waals surface area contributed by atoms with Crippen LogP contribution in [0.25, 0.3) is 0 Å². The summed E-state index contributed by atoms with van der Waals surface area (Å²) in [6, 6.07) is 7.23. The fourth-order valence-corrected chi connectivity index (χ4v) is 3.14. The zero-order valence-electron chi connectivity index (χ0n) is 12.9. The number of ether oxygens (including phenoxy) is 1. The van der Waals surface area contributed by atoms with Crippen molar-refractivity contribution in [1.82, 2.24) is 0 Å². The van der Waals surface area contributed by atoms with E-state index in [2.05, 4.69) is 29.5 Å². The van der Waals surface area contributed by atoms with Crippen molar-refractivity contribution in [3.05, 3.63) is 29.8 Å². The third-order valence-corrected chi connectivity index (χ3v) is 4.60. The topological polar surface area (TPSA) is 46.6 Å². The Bertz CT molecular complexity index is 532. The third-order valence-electron chi connectivity index (χ3n) is 3.84. The molecule has 0 bridgehead atoms. The molecule has 0 saturated carbocycles. The highest BCUT2D eigenvalue weighted by Crippen LogP contribution is 2.33. The number of hydrogen-bond donors (Lipinski definition) is 0. The number of amides is 1. The van der Waals surface area contributed by atoms with Gasteiger partial charge in [-0.3, -0.25) is 9.69 Å². The largest absolute Gasteiger partial charge is 0.449 e. The summed E-state index contributed by atoms with van der Waals surface area (Å²) in [7, 11) is 0. The molecule has 1 aliphatic rings. The molecule has 0 aliphatic carbocycles. The average Bonchev–Trinajstić information content (AvgIpc) is 2.53. The molecule has 2 rings (SSSR count). The predicted octanol–water partition coefficient (Wildman–Crippen LogP) is 4.60. The number of carbonyl (C=O) groups excluding carboxylic acids is 2. The van der Waals surface area contributed by atoms with Crippen LogP contribution in [0.1, 0.15) is 49.4 Å². The fourth-order valence-electron chi connectivity index (χ4n) is 2.70. The molecule has 1 atom stereocenters. The first kappa shape index (κ1) is 17.2. The van der Waals surface area contributed by atoms with Crippen molar-refractivity contribution in [2.24, 2.45) is 0 Å². The lowest BCUT2D eigenvalue weighted by Crippen LogP contribution is -2.46. The monoisotopic (exact) mass is 415 g/mol. The van der Waals surface area contributed by atoms with Gasteiger partial charge in [-0.1, -0.05) is 48.1 Å². The SMILES string of the molecule is CCCCOC(=O)N1c2ccccc2C(=O)CC1CCCI. The first-order valence-corrected chi connectivity index (χ1v) is 9.35. The number of benzene rings is 1. The van der Waals surface area contributed by atoms with E-state index in [0.717, 1.165) is 30.1 Å². The van der Waals surface area contributed by atoms with Crippen molar-refractivity contribution in [1.29, 1.82) is 0 Å². The van der Waals surface area contributed by atoms with Crippen LogP contribution in [0.2, 0.25) is 0 Å². The number of unbranched alkanes of at least 4 members (excludes halogenated alkanes) is 1. The third kappa shape index (κ3) is 4.00. The van der Waals surface area contributed by atoms with Crippen LogP contribution >= 0.6 is 22.6 Å². The average molecular weight is 415 g/mol. The summed E-state index contributed by atoms with van der Waals surface area (Å²) in [6.07, 6.45) is 3.72. The molecular formula is C17H22INO3. The second-order valence-corrected chi connectivity index (χ2v) is 6.55. The van der Waals surface area contributed by atoms with Gasteiger partial charge in [0.25, 0.3) is 0 Å². The lowest BCUT2D eigenvalue weighted by Gasteiger charge is -2.35. The minimum atomic E-state index is -0.327. The normalized spacial score (nSPS) is 17.3. The number of halogens is 1. The van der Waals surface area contributed by atoms with E-state index in [0.29, 0.717) is 24.3 Å². The second kappa shape index (κ2) is 8.50. The number of rotatable bonds is 6. The molecular weight excluding hydrogens is 393 g/mol. The molecule has 0 fully saturated rings. The highest BCUT2D eigenvalue weighted by molar-refractivity contribution is 14.1. The molecule has 0 aromatic heterocycles. The number of ketones is 1. The smallest absolute Gasteiger partial charge is 0.414 e. The molecule has 0 saturated heterocycles. The Kier molecular flexibility index (Phi) is 6.67. The number of alkyl halides is 1. The van der Waals surface area contributed by atoms with Crippen LogP contribution in [0.15, 0.2) is 24.3 Å². The number of anilines is 1. The van der Waals surface area contributed by atoms with Crippen LogP contribution in [0, 0.1) is 0 Å². The van der Waals surface area contributed by atoms with Gasteiger partial charge in [0, 0.05) is 18.0 Å². The Morgan fingerprint density at radius 1 is 1.36 bits per heavy atom. The summed E-state index contributed by atoms with van der Waals surface area (Å²) >= 11 is 2.32. The number of hydrogen-bond acceptors (Lipinski definition) is 3. The van der Waals surface area contributed by atoms with Crippen LogP contribution in [0.5, 0.6) is 0 Å². The van der Waals surface area contributed by atoms with Crippen LogP contribution in [0.4, 0.5) is 10.5 Å². The molecule has 1 unspecified atom stereocenters. The number of fused-ring (bicyclic) bond motifs is 1. The van der Waals surface area contributed by atoms with Crippen molar-refractivity contribution in [2.75, 3.05) is 15.9 Å². The number of nitrogens with zero attached hydrogens (tertiary/aromatic N) is 1. The zero-order valence-corrected chi connectivity index (χ0v) is 15.0. The van der Waals surface area contributed by atoms with E-state index >= 15 is 0 Å². The minimum absolute atomic E-state index is 0.0914. The van der Waals surface area contributed by atoms with Crippen molar-refractivity contribution in [3.63, 3.8) is 0 Å². The Morgan fingerprint density at radius 3 is 2.86 bits per heavy atom. The highest BCUT2D eigenvalue weighted by Gasteiger charge is 2.35. The fraction of sp³-hybridized carbons (Fsp3) is 0.529. The summed E-state index contributed by atoms with van der Waals surface area (Å²) in [4.78, 5) is 26.5. The molecule has 120 valence electrons. The molecule has 1 amide bonds. The van der Waals surface area contributed by atoms with Gasteiger partial charge in [-0.15, -0.1) is 0 Å². The van der Waals surface area contributed by atoms with Crippen LogP contribution in [-0.2, 0) is 4.74 Å². The Balaban J connectivity index is 2.24. The van der Waals surface area contributed by atoms with E-state index in [1.54, 1.807) is 11.0 Å². The molecule has 0 N–H and O–H groups in total. The van der Waals surface area contributed by atoms with E-state index in [1.165, 1.54) is 0 Å².